The van der Waals surface area contributed by atoms with E-state index in [4.69, 9.17) is 9.47 Å². The highest BCUT2D eigenvalue weighted by molar-refractivity contribution is 5.96. The van der Waals surface area contributed by atoms with E-state index in [1.165, 1.54) is 6.07 Å². The zero-order valence-electron chi connectivity index (χ0n) is 15.0. The van der Waals surface area contributed by atoms with Crippen LogP contribution in [-0.4, -0.2) is 41.0 Å². The van der Waals surface area contributed by atoms with Crippen molar-refractivity contribution in [2.24, 2.45) is 18.9 Å². The van der Waals surface area contributed by atoms with Crippen LogP contribution >= 0.6 is 0 Å². The normalized spacial score (nSPS) is 21.1. The molecule has 2 aromatic rings. The van der Waals surface area contributed by atoms with Gasteiger partial charge in [-0.1, -0.05) is 30.3 Å². The van der Waals surface area contributed by atoms with Gasteiger partial charge in [-0.2, -0.15) is 0 Å². The van der Waals surface area contributed by atoms with Crippen LogP contribution < -0.4 is 10.2 Å². The first-order valence-corrected chi connectivity index (χ1v) is 8.87. The maximum absolute atomic E-state index is 13.1. The van der Waals surface area contributed by atoms with Crippen LogP contribution in [0.1, 0.15) is 16.1 Å². The molecule has 1 aromatic carbocycles. The fourth-order valence-electron chi connectivity index (χ4n) is 3.64. The third-order valence-electron chi connectivity index (χ3n) is 5.14. The van der Waals surface area contributed by atoms with Gasteiger partial charge in [-0.05, 0) is 5.56 Å². The molecule has 0 aliphatic carbocycles. The molecule has 7 nitrogen and oxygen atoms in total. The number of pyridine rings is 1. The summed E-state index contributed by atoms with van der Waals surface area (Å²) in [6.07, 6.45) is 1.55. The summed E-state index contributed by atoms with van der Waals surface area (Å²) in [4.78, 5) is 38.9. The number of likely N-dealkylation sites (tertiary alicyclic amines) is 1. The van der Waals surface area contributed by atoms with Crippen LogP contribution in [0.5, 0.6) is 5.75 Å². The average Bonchev–Trinajstić information content (AvgIpc) is 3.25. The molecule has 2 aliphatic heterocycles. The highest BCUT2D eigenvalue weighted by atomic mass is 16.5. The number of benzene rings is 1. The van der Waals surface area contributed by atoms with Crippen LogP contribution in [0.4, 0.5) is 0 Å². The van der Waals surface area contributed by atoms with Gasteiger partial charge in [0.05, 0.1) is 12.5 Å². The Kier molecular flexibility index (Phi) is 4.43. The number of hydrogen-bond donors (Lipinski definition) is 0. The topological polar surface area (TPSA) is 77.8 Å². The molecule has 0 radical (unpaired) electrons. The van der Waals surface area contributed by atoms with Crippen LogP contribution in [0.3, 0.4) is 0 Å². The molecular weight excluding hydrogens is 348 g/mol. The van der Waals surface area contributed by atoms with Crippen molar-refractivity contribution in [1.82, 2.24) is 9.47 Å². The lowest BCUT2D eigenvalue weighted by atomic mass is 10.0. The molecule has 0 unspecified atom stereocenters. The maximum Gasteiger partial charge on any atom is 0.311 e. The van der Waals surface area contributed by atoms with Gasteiger partial charge in [-0.15, -0.1) is 0 Å². The quantitative estimate of drug-likeness (QED) is 0.758. The molecule has 2 aliphatic rings. The van der Waals surface area contributed by atoms with Crippen molar-refractivity contribution < 1.29 is 19.1 Å². The Morgan fingerprint density at radius 2 is 1.96 bits per heavy atom. The van der Waals surface area contributed by atoms with Gasteiger partial charge < -0.3 is 18.9 Å². The van der Waals surface area contributed by atoms with E-state index in [1.54, 1.807) is 22.7 Å². The van der Waals surface area contributed by atoms with E-state index in [0.29, 0.717) is 19.7 Å². The van der Waals surface area contributed by atoms with E-state index in [2.05, 4.69) is 0 Å². The molecule has 0 spiro atoms. The van der Waals surface area contributed by atoms with Crippen molar-refractivity contribution in [2.75, 3.05) is 19.7 Å². The summed E-state index contributed by atoms with van der Waals surface area (Å²) in [6.45, 7) is 1.29. The summed E-state index contributed by atoms with van der Waals surface area (Å²) in [7, 11) is 1.70. The number of carbonyl (C=O) groups excluding carboxylic acids is 2. The van der Waals surface area contributed by atoms with Crippen LogP contribution in [0, 0.1) is 11.8 Å². The fraction of sp³-hybridized carbons (Fsp3) is 0.350. The molecule has 140 valence electrons. The SMILES string of the molecule is Cn1ccc(=O)c(OCc2ccccc2)c1C(=O)N1C[C@@H]2COC(=O)[C@@H]2C1. The van der Waals surface area contributed by atoms with Crippen molar-refractivity contribution in [3.63, 3.8) is 0 Å². The number of cyclic esters (lactones) is 1. The van der Waals surface area contributed by atoms with Gasteiger partial charge in [0.15, 0.2) is 11.4 Å². The number of esters is 1. The second kappa shape index (κ2) is 6.90. The van der Waals surface area contributed by atoms with Gasteiger partial charge >= 0.3 is 5.97 Å². The number of ether oxygens (including phenoxy) is 2. The lowest BCUT2D eigenvalue weighted by Gasteiger charge is -2.21. The monoisotopic (exact) mass is 368 g/mol. The summed E-state index contributed by atoms with van der Waals surface area (Å²) in [6, 6.07) is 10.8. The number of aryl methyl sites for hydroxylation is 1. The second-order valence-electron chi connectivity index (χ2n) is 6.95. The first-order valence-electron chi connectivity index (χ1n) is 8.87. The van der Waals surface area contributed by atoms with E-state index < -0.39 is 0 Å². The first-order chi connectivity index (χ1) is 13.0. The van der Waals surface area contributed by atoms with Gasteiger partial charge in [-0.3, -0.25) is 14.4 Å². The number of carbonyl (C=O) groups is 2. The Morgan fingerprint density at radius 1 is 1.19 bits per heavy atom. The molecule has 0 bridgehead atoms. The summed E-state index contributed by atoms with van der Waals surface area (Å²) in [5.41, 5.74) is 0.762. The second-order valence-corrected chi connectivity index (χ2v) is 6.95. The smallest absolute Gasteiger partial charge is 0.311 e. The fourth-order valence-corrected chi connectivity index (χ4v) is 3.64. The first kappa shape index (κ1) is 17.3. The van der Waals surface area contributed by atoms with E-state index in [1.807, 2.05) is 30.3 Å². The van der Waals surface area contributed by atoms with E-state index in [-0.39, 0.29) is 47.2 Å². The van der Waals surface area contributed by atoms with E-state index in [9.17, 15) is 14.4 Å². The number of hydrogen-bond acceptors (Lipinski definition) is 5. The Bertz CT molecular complexity index is 937. The molecule has 0 saturated carbocycles. The summed E-state index contributed by atoms with van der Waals surface area (Å²) in [5.74, 6) is -0.772. The number of aromatic nitrogens is 1. The highest BCUT2D eigenvalue weighted by Crippen LogP contribution is 2.31. The molecule has 27 heavy (non-hydrogen) atoms. The minimum Gasteiger partial charge on any atom is -0.483 e. The van der Waals surface area contributed by atoms with Crippen molar-refractivity contribution in [1.29, 1.82) is 0 Å². The Morgan fingerprint density at radius 3 is 2.70 bits per heavy atom. The molecule has 1 aromatic heterocycles. The molecule has 4 rings (SSSR count). The van der Waals surface area contributed by atoms with Gasteiger partial charge in [0.25, 0.3) is 5.91 Å². The van der Waals surface area contributed by atoms with Crippen molar-refractivity contribution in [3.8, 4) is 5.75 Å². The van der Waals surface area contributed by atoms with Crippen LogP contribution in [0.25, 0.3) is 0 Å². The van der Waals surface area contributed by atoms with Crippen LogP contribution in [0.15, 0.2) is 47.4 Å². The highest BCUT2D eigenvalue weighted by Gasteiger charge is 2.46. The van der Waals surface area contributed by atoms with Crippen molar-refractivity contribution >= 4 is 11.9 Å². The number of nitrogens with zero attached hydrogens (tertiary/aromatic N) is 2. The lowest BCUT2D eigenvalue weighted by molar-refractivity contribution is -0.141. The Hall–Kier alpha value is -3.09. The molecule has 2 saturated heterocycles. The third-order valence-corrected chi connectivity index (χ3v) is 5.14. The van der Waals surface area contributed by atoms with Gasteiger partial charge in [-0.25, -0.2) is 0 Å². The van der Waals surface area contributed by atoms with Gasteiger partial charge in [0, 0.05) is 38.3 Å². The summed E-state index contributed by atoms with van der Waals surface area (Å²) < 4.78 is 12.4. The Balaban J connectivity index is 1.60. The lowest BCUT2D eigenvalue weighted by Crippen LogP contribution is -2.34. The molecule has 1 amide bonds. The molecule has 0 N–H and O–H groups in total. The standard InChI is InChI=1S/C20H20N2O5/c1-21-8-7-16(23)18(26-11-13-5-3-2-4-6-13)17(21)19(24)22-9-14-12-27-20(25)15(14)10-22/h2-8,14-15H,9-12H2,1H3/t14-,15-/m1/s1. The van der Waals surface area contributed by atoms with Crippen molar-refractivity contribution in [3.05, 3.63) is 64.1 Å². The maximum atomic E-state index is 13.1. The molecule has 2 fully saturated rings. The van der Waals surface area contributed by atoms with E-state index in [0.717, 1.165) is 5.56 Å². The van der Waals surface area contributed by atoms with Crippen LogP contribution in [0.2, 0.25) is 0 Å². The molecule has 7 heteroatoms. The Labute approximate surface area is 156 Å². The number of amides is 1. The molecular formula is C20H20N2O5. The van der Waals surface area contributed by atoms with Crippen LogP contribution in [-0.2, 0) is 23.2 Å². The number of fused-ring (bicyclic) bond motifs is 1. The van der Waals surface area contributed by atoms with Gasteiger partial charge in [0.1, 0.15) is 6.61 Å². The predicted molar refractivity (Wildman–Crippen MR) is 96.3 cm³/mol. The summed E-state index contributed by atoms with van der Waals surface area (Å²) >= 11 is 0. The number of rotatable bonds is 4. The predicted octanol–water partition coefficient (Wildman–Crippen LogP) is 1.21. The zero-order chi connectivity index (χ0) is 19.0. The third kappa shape index (κ3) is 3.20. The molecule has 2 atom stereocenters. The molecule has 3 heterocycles. The zero-order valence-corrected chi connectivity index (χ0v) is 15.0. The minimum atomic E-state index is -0.341. The largest absolute Gasteiger partial charge is 0.483 e. The van der Waals surface area contributed by atoms with Gasteiger partial charge in [0.2, 0.25) is 5.43 Å². The van der Waals surface area contributed by atoms with E-state index >= 15 is 0 Å². The average molecular weight is 368 g/mol. The van der Waals surface area contributed by atoms with Crippen molar-refractivity contribution in [2.45, 2.75) is 6.61 Å². The minimum absolute atomic E-state index is 0.0240. The summed E-state index contributed by atoms with van der Waals surface area (Å²) in [5, 5.41) is 0.